The molecule has 0 amide bonds. The molecule has 0 saturated carbocycles. The summed E-state index contributed by atoms with van der Waals surface area (Å²) in [5.74, 6) is 0.521. The van der Waals surface area contributed by atoms with Crippen molar-refractivity contribution in [2.45, 2.75) is 65.9 Å². The molecule has 0 saturated heterocycles. The largest absolute Gasteiger partial charge is 0.490 e. The first-order chi connectivity index (χ1) is 13.3. The highest BCUT2D eigenvalue weighted by Crippen LogP contribution is 2.36. The van der Waals surface area contributed by atoms with Crippen molar-refractivity contribution in [3.63, 3.8) is 0 Å². The molecule has 0 fully saturated rings. The number of hydrogen-bond donors (Lipinski definition) is 0. The lowest BCUT2D eigenvalue weighted by Crippen LogP contribution is -2.12. The summed E-state index contributed by atoms with van der Waals surface area (Å²) in [5.41, 5.74) is 2.69. The monoisotopic (exact) mass is 383 g/mol. The lowest BCUT2D eigenvalue weighted by atomic mass is 9.99. The number of carbonyl (C=O) groups excluding carboxylic acids is 1. The number of benzene rings is 2. The normalized spacial score (nSPS) is 11.9. The quantitative estimate of drug-likeness (QED) is 0.203. The van der Waals surface area contributed by atoms with E-state index in [9.17, 15) is 14.9 Å². The second kappa shape index (κ2) is 10.0. The number of carbonyl (C=O) groups is 1. The van der Waals surface area contributed by atoms with Gasteiger partial charge in [-0.05, 0) is 50.8 Å². The van der Waals surface area contributed by atoms with Crippen LogP contribution >= 0.6 is 0 Å². The molecule has 0 heterocycles. The molecule has 0 N–H and O–H groups in total. The maximum Gasteiger partial charge on any atom is 0.280 e. The Hall–Kier alpha value is -2.69. The second-order valence-corrected chi connectivity index (χ2v) is 7.30. The van der Waals surface area contributed by atoms with E-state index in [1.54, 1.807) is 30.3 Å². The predicted octanol–water partition coefficient (Wildman–Crippen LogP) is 6.51. The van der Waals surface area contributed by atoms with Crippen LogP contribution in [-0.2, 0) is 0 Å². The first-order valence-electron chi connectivity index (χ1n) is 9.90. The molecule has 150 valence electrons. The molecule has 2 aromatic rings. The molecule has 0 aliphatic rings. The number of nitro groups is 1. The lowest BCUT2D eigenvalue weighted by Gasteiger charge is -2.17. The smallest absolute Gasteiger partial charge is 0.280 e. The fourth-order valence-corrected chi connectivity index (χ4v) is 3.21. The maximum atomic E-state index is 11.7. The van der Waals surface area contributed by atoms with Crippen molar-refractivity contribution in [1.82, 2.24) is 0 Å². The summed E-state index contributed by atoms with van der Waals surface area (Å²) in [4.78, 5) is 22.7. The molecule has 0 aliphatic heterocycles. The number of rotatable bonds is 10. The highest BCUT2D eigenvalue weighted by molar-refractivity contribution is 5.94. The van der Waals surface area contributed by atoms with Crippen molar-refractivity contribution in [3.05, 3.63) is 57.6 Å². The molecule has 0 radical (unpaired) electrons. The molecule has 0 spiro atoms. The van der Waals surface area contributed by atoms with Crippen LogP contribution in [0.3, 0.4) is 0 Å². The number of aryl methyl sites for hydroxylation is 1. The van der Waals surface area contributed by atoms with Crippen LogP contribution in [0.5, 0.6) is 5.75 Å². The Morgan fingerprint density at radius 2 is 1.82 bits per heavy atom. The standard InChI is InChI=1S/C23H29NO4/c1-5-6-7-8-9-17(3)28-23-15-22(24(26)27)21(14-16(23)2)20-12-10-19(11-13-20)18(4)25/h10-15,17H,5-9H2,1-4H3. The van der Waals surface area contributed by atoms with Gasteiger partial charge in [-0.25, -0.2) is 0 Å². The van der Waals surface area contributed by atoms with Gasteiger partial charge in [0, 0.05) is 5.56 Å². The van der Waals surface area contributed by atoms with Gasteiger partial charge in [0.2, 0.25) is 0 Å². The van der Waals surface area contributed by atoms with Crippen LogP contribution in [0.2, 0.25) is 0 Å². The Labute approximate surface area is 166 Å². The van der Waals surface area contributed by atoms with E-state index in [4.69, 9.17) is 4.74 Å². The van der Waals surface area contributed by atoms with Gasteiger partial charge in [0.05, 0.1) is 22.7 Å². The van der Waals surface area contributed by atoms with Crippen molar-refractivity contribution in [1.29, 1.82) is 0 Å². The summed E-state index contributed by atoms with van der Waals surface area (Å²) in [5, 5.41) is 11.7. The molecule has 5 nitrogen and oxygen atoms in total. The van der Waals surface area contributed by atoms with E-state index in [0.717, 1.165) is 18.4 Å². The average Bonchev–Trinajstić information content (AvgIpc) is 2.66. The van der Waals surface area contributed by atoms with E-state index in [-0.39, 0.29) is 22.5 Å². The van der Waals surface area contributed by atoms with Gasteiger partial charge in [0.25, 0.3) is 5.69 Å². The van der Waals surface area contributed by atoms with Crippen LogP contribution in [0.25, 0.3) is 11.1 Å². The van der Waals surface area contributed by atoms with Crippen molar-refractivity contribution in [2.75, 3.05) is 0 Å². The molecule has 5 heteroatoms. The second-order valence-electron chi connectivity index (χ2n) is 7.30. The van der Waals surface area contributed by atoms with E-state index in [1.807, 2.05) is 13.8 Å². The summed E-state index contributed by atoms with van der Waals surface area (Å²) in [6.07, 6.45) is 5.62. The summed E-state index contributed by atoms with van der Waals surface area (Å²) >= 11 is 0. The van der Waals surface area contributed by atoms with Gasteiger partial charge < -0.3 is 4.74 Å². The number of ketones is 1. The van der Waals surface area contributed by atoms with Crippen molar-refractivity contribution in [2.24, 2.45) is 0 Å². The Kier molecular flexibility index (Phi) is 7.73. The fourth-order valence-electron chi connectivity index (χ4n) is 3.21. The molecule has 2 rings (SSSR count). The van der Waals surface area contributed by atoms with Crippen LogP contribution in [0.1, 0.15) is 68.8 Å². The fraction of sp³-hybridized carbons (Fsp3) is 0.435. The molecule has 1 unspecified atom stereocenters. The lowest BCUT2D eigenvalue weighted by molar-refractivity contribution is -0.384. The van der Waals surface area contributed by atoms with Crippen molar-refractivity contribution in [3.8, 4) is 16.9 Å². The highest BCUT2D eigenvalue weighted by atomic mass is 16.6. The average molecular weight is 383 g/mol. The summed E-state index contributed by atoms with van der Waals surface area (Å²) in [6.45, 7) is 7.58. The minimum atomic E-state index is -0.383. The minimum Gasteiger partial charge on any atom is -0.490 e. The molecule has 0 aromatic heterocycles. The molecular formula is C23H29NO4. The number of nitro benzene ring substituents is 1. The predicted molar refractivity (Wildman–Crippen MR) is 112 cm³/mol. The van der Waals surface area contributed by atoms with Crippen LogP contribution in [0.15, 0.2) is 36.4 Å². The Balaban J connectivity index is 2.26. The molecule has 0 aliphatic carbocycles. The topological polar surface area (TPSA) is 69.4 Å². The Morgan fingerprint density at radius 1 is 1.14 bits per heavy atom. The Morgan fingerprint density at radius 3 is 2.39 bits per heavy atom. The number of unbranched alkanes of at least 4 members (excludes halogenated alkanes) is 3. The summed E-state index contributed by atoms with van der Waals surface area (Å²) < 4.78 is 6.01. The third-order valence-electron chi connectivity index (χ3n) is 4.88. The third-order valence-corrected chi connectivity index (χ3v) is 4.88. The Bertz CT molecular complexity index is 827. The van der Waals surface area contributed by atoms with Gasteiger partial charge in [0.15, 0.2) is 5.78 Å². The van der Waals surface area contributed by atoms with E-state index >= 15 is 0 Å². The summed E-state index contributed by atoms with van der Waals surface area (Å²) in [6, 6.07) is 10.2. The zero-order chi connectivity index (χ0) is 20.7. The van der Waals surface area contributed by atoms with Crippen LogP contribution < -0.4 is 4.74 Å². The number of nitrogens with zero attached hydrogens (tertiary/aromatic N) is 1. The van der Waals surface area contributed by atoms with E-state index in [2.05, 4.69) is 6.92 Å². The molecule has 28 heavy (non-hydrogen) atoms. The molecular weight excluding hydrogens is 354 g/mol. The molecule has 0 bridgehead atoms. The number of ether oxygens (including phenoxy) is 1. The zero-order valence-corrected chi connectivity index (χ0v) is 17.2. The zero-order valence-electron chi connectivity index (χ0n) is 17.2. The first-order valence-corrected chi connectivity index (χ1v) is 9.90. The van der Waals surface area contributed by atoms with Gasteiger partial charge in [-0.15, -0.1) is 0 Å². The maximum absolute atomic E-state index is 11.7. The third kappa shape index (κ3) is 5.65. The van der Waals surface area contributed by atoms with E-state index in [0.29, 0.717) is 22.4 Å². The highest BCUT2D eigenvalue weighted by Gasteiger charge is 2.20. The number of hydrogen-bond acceptors (Lipinski definition) is 4. The SMILES string of the molecule is CCCCCCC(C)Oc1cc([N+](=O)[O-])c(-c2ccc(C(C)=O)cc2)cc1C. The van der Waals surface area contributed by atoms with E-state index < -0.39 is 0 Å². The van der Waals surface area contributed by atoms with Crippen LogP contribution in [0.4, 0.5) is 5.69 Å². The summed E-state index contributed by atoms with van der Waals surface area (Å²) in [7, 11) is 0. The van der Waals surface area contributed by atoms with Gasteiger partial charge >= 0.3 is 0 Å². The van der Waals surface area contributed by atoms with Crippen molar-refractivity contribution < 1.29 is 14.5 Å². The number of Topliss-reactive ketones (excluding diaryl/α,β-unsaturated/α-hetero) is 1. The van der Waals surface area contributed by atoms with Crippen LogP contribution in [-0.4, -0.2) is 16.8 Å². The van der Waals surface area contributed by atoms with E-state index in [1.165, 1.54) is 32.3 Å². The minimum absolute atomic E-state index is 0.00866. The van der Waals surface area contributed by atoms with Crippen LogP contribution in [0, 0.1) is 17.0 Å². The molecule has 2 aromatic carbocycles. The van der Waals surface area contributed by atoms with Gasteiger partial charge in [-0.1, -0.05) is 50.5 Å². The van der Waals surface area contributed by atoms with Crippen molar-refractivity contribution >= 4 is 11.5 Å². The molecule has 1 atom stereocenters. The van der Waals surface area contributed by atoms with Gasteiger partial charge in [-0.3, -0.25) is 14.9 Å². The first kappa shape index (κ1) is 21.6. The van der Waals surface area contributed by atoms with Gasteiger partial charge in [-0.2, -0.15) is 0 Å². The van der Waals surface area contributed by atoms with Gasteiger partial charge in [0.1, 0.15) is 5.75 Å².